The van der Waals surface area contributed by atoms with Crippen molar-refractivity contribution >= 4 is 17.5 Å². The van der Waals surface area contributed by atoms with E-state index in [1.54, 1.807) is 31.4 Å². The first-order chi connectivity index (χ1) is 13.0. The number of aromatic nitrogens is 2. The van der Waals surface area contributed by atoms with Gasteiger partial charge in [-0.2, -0.15) is 0 Å². The highest BCUT2D eigenvalue weighted by Gasteiger charge is 2.27. The Labute approximate surface area is 159 Å². The number of nitrogens with one attached hydrogen (secondary N) is 2. The minimum atomic E-state index is -0.314. The van der Waals surface area contributed by atoms with E-state index in [-0.39, 0.29) is 23.7 Å². The highest BCUT2D eigenvalue weighted by molar-refractivity contribution is 6.03. The van der Waals surface area contributed by atoms with Crippen molar-refractivity contribution in [2.24, 2.45) is 0 Å². The normalized spacial score (nSPS) is 14.2. The average Bonchev–Trinajstić information content (AvgIpc) is 3.08. The number of methoxy groups -OCH3 is 1. The van der Waals surface area contributed by atoms with Crippen LogP contribution in [0.3, 0.4) is 0 Å². The molecule has 0 fully saturated rings. The van der Waals surface area contributed by atoms with Crippen LogP contribution in [0.1, 0.15) is 59.9 Å². The molecule has 1 atom stereocenters. The number of hydrogen-bond donors (Lipinski definition) is 2. The maximum Gasteiger partial charge on any atom is 0.291 e. The van der Waals surface area contributed by atoms with Crippen molar-refractivity contribution in [3.8, 4) is 5.75 Å². The third-order valence-electron chi connectivity index (χ3n) is 4.87. The molecular formula is C20H26N4O3. The van der Waals surface area contributed by atoms with Crippen LogP contribution in [0.15, 0.2) is 24.3 Å². The third kappa shape index (κ3) is 4.13. The Kier molecular flexibility index (Phi) is 5.78. The van der Waals surface area contributed by atoms with Crippen molar-refractivity contribution in [2.75, 3.05) is 12.4 Å². The lowest BCUT2D eigenvalue weighted by molar-refractivity contribution is 0.0933. The highest BCUT2D eigenvalue weighted by Crippen LogP contribution is 2.22. The summed E-state index contributed by atoms with van der Waals surface area (Å²) in [6.07, 6.45) is 3.56. The molecule has 0 saturated carbocycles. The van der Waals surface area contributed by atoms with Gasteiger partial charge in [0.25, 0.3) is 11.8 Å². The predicted molar refractivity (Wildman–Crippen MR) is 103 cm³/mol. The molecule has 1 aromatic heterocycles. The van der Waals surface area contributed by atoms with E-state index in [9.17, 15) is 9.59 Å². The molecule has 27 heavy (non-hydrogen) atoms. The molecule has 0 radical (unpaired) electrons. The Morgan fingerprint density at radius 2 is 1.96 bits per heavy atom. The van der Waals surface area contributed by atoms with Gasteiger partial charge in [0.15, 0.2) is 5.82 Å². The van der Waals surface area contributed by atoms with Crippen molar-refractivity contribution in [3.05, 3.63) is 41.5 Å². The first kappa shape index (κ1) is 18.9. The van der Waals surface area contributed by atoms with Gasteiger partial charge >= 0.3 is 0 Å². The monoisotopic (exact) mass is 370 g/mol. The molecule has 1 aliphatic rings. The van der Waals surface area contributed by atoms with Crippen LogP contribution in [0.2, 0.25) is 0 Å². The summed E-state index contributed by atoms with van der Waals surface area (Å²) in [5.74, 6) is 0.481. The quantitative estimate of drug-likeness (QED) is 0.818. The summed E-state index contributed by atoms with van der Waals surface area (Å²) in [6, 6.07) is 7.17. The molecule has 0 saturated heterocycles. The van der Waals surface area contributed by atoms with Crippen molar-refractivity contribution in [1.29, 1.82) is 0 Å². The van der Waals surface area contributed by atoms with E-state index in [4.69, 9.17) is 4.74 Å². The largest absolute Gasteiger partial charge is 0.497 e. The second-order valence-corrected chi connectivity index (χ2v) is 6.80. The Morgan fingerprint density at radius 1 is 1.22 bits per heavy atom. The Morgan fingerprint density at radius 3 is 2.63 bits per heavy atom. The number of benzene rings is 1. The van der Waals surface area contributed by atoms with Crippen molar-refractivity contribution in [2.45, 2.75) is 52.1 Å². The third-order valence-corrected chi connectivity index (χ3v) is 4.87. The number of nitrogens with zero attached hydrogens (tertiary/aromatic N) is 2. The SMILES string of the molecule is CCC(C)NC(=O)c1nc(C(=O)Nc2ccc(OC)cc2)n2c1CCCC2. The van der Waals surface area contributed by atoms with Gasteiger partial charge in [0, 0.05) is 18.3 Å². The highest BCUT2D eigenvalue weighted by atomic mass is 16.5. The number of carbonyl (C=O) groups is 2. The molecule has 0 aliphatic carbocycles. The zero-order chi connectivity index (χ0) is 19.4. The molecule has 1 aromatic carbocycles. The lowest BCUT2D eigenvalue weighted by atomic mass is 10.1. The first-order valence-electron chi connectivity index (χ1n) is 9.39. The van der Waals surface area contributed by atoms with E-state index in [2.05, 4.69) is 15.6 Å². The van der Waals surface area contributed by atoms with Crippen molar-refractivity contribution in [1.82, 2.24) is 14.9 Å². The van der Waals surface area contributed by atoms with Crippen LogP contribution in [0, 0.1) is 0 Å². The van der Waals surface area contributed by atoms with Crippen LogP contribution in [-0.2, 0) is 13.0 Å². The first-order valence-corrected chi connectivity index (χ1v) is 9.39. The van der Waals surface area contributed by atoms with Crippen molar-refractivity contribution in [3.63, 3.8) is 0 Å². The summed E-state index contributed by atoms with van der Waals surface area (Å²) >= 11 is 0. The van der Waals surface area contributed by atoms with Crippen LogP contribution >= 0.6 is 0 Å². The number of fused-ring (bicyclic) bond motifs is 1. The molecule has 7 heteroatoms. The molecule has 0 spiro atoms. The molecule has 0 bridgehead atoms. The summed E-state index contributed by atoms with van der Waals surface area (Å²) in [6.45, 7) is 4.67. The second-order valence-electron chi connectivity index (χ2n) is 6.80. The minimum Gasteiger partial charge on any atom is -0.497 e. The zero-order valence-electron chi connectivity index (χ0n) is 16.0. The maximum absolute atomic E-state index is 12.8. The Bertz CT molecular complexity index is 826. The maximum atomic E-state index is 12.8. The molecule has 2 N–H and O–H groups in total. The fourth-order valence-corrected chi connectivity index (χ4v) is 3.15. The van der Waals surface area contributed by atoms with Gasteiger partial charge in [0.2, 0.25) is 0 Å². The molecule has 2 aromatic rings. The number of rotatable bonds is 6. The molecular weight excluding hydrogens is 344 g/mol. The molecule has 3 rings (SSSR count). The number of amides is 2. The standard InChI is InChI=1S/C20H26N4O3/c1-4-13(2)21-19(25)17-16-7-5-6-12-24(16)18(23-17)20(26)22-14-8-10-15(27-3)11-9-14/h8-11,13H,4-7,12H2,1-3H3,(H,21,25)(H,22,26). The van der Waals surface area contributed by atoms with Gasteiger partial charge < -0.3 is 19.9 Å². The smallest absolute Gasteiger partial charge is 0.291 e. The summed E-state index contributed by atoms with van der Waals surface area (Å²) in [7, 11) is 1.59. The van der Waals surface area contributed by atoms with E-state index in [0.29, 0.717) is 17.9 Å². The van der Waals surface area contributed by atoms with Gasteiger partial charge in [0.1, 0.15) is 11.4 Å². The van der Waals surface area contributed by atoms with Crippen molar-refractivity contribution < 1.29 is 14.3 Å². The zero-order valence-corrected chi connectivity index (χ0v) is 16.0. The number of imidazole rings is 1. The van der Waals surface area contributed by atoms with Crippen LogP contribution in [0.4, 0.5) is 5.69 Å². The Balaban J connectivity index is 1.85. The van der Waals surface area contributed by atoms with Gasteiger partial charge in [-0.05, 0) is 56.9 Å². The van der Waals surface area contributed by atoms with Gasteiger partial charge in [-0.15, -0.1) is 0 Å². The second kappa shape index (κ2) is 8.24. The van der Waals surface area contributed by atoms with E-state index >= 15 is 0 Å². The molecule has 7 nitrogen and oxygen atoms in total. The van der Waals surface area contributed by atoms with Crippen LogP contribution in [0.5, 0.6) is 5.75 Å². The number of carbonyl (C=O) groups excluding carboxylic acids is 2. The summed E-state index contributed by atoms with van der Waals surface area (Å²) < 4.78 is 7.01. The van der Waals surface area contributed by atoms with E-state index in [1.807, 2.05) is 18.4 Å². The number of anilines is 1. The Hall–Kier alpha value is -2.83. The van der Waals surface area contributed by atoms with Gasteiger partial charge in [0.05, 0.1) is 12.8 Å². The fourth-order valence-electron chi connectivity index (χ4n) is 3.15. The van der Waals surface area contributed by atoms with Gasteiger partial charge in [-0.25, -0.2) is 4.98 Å². The molecule has 2 heterocycles. The number of ether oxygens (including phenoxy) is 1. The average molecular weight is 370 g/mol. The van der Waals surface area contributed by atoms with Crippen LogP contribution in [0.25, 0.3) is 0 Å². The molecule has 1 unspecified atom stereocenters. The van der Waals surface area contributed by atoms with Crippen LogP contribution in [-0.4, -0.2) is 34.5 Å². The number of hydrogen-bond acceptors (Lipinski definition) is 4. The summed E-state index contributed by atoms with van der Waals surface area (Å²) in [5, 5.41) is 5.80. The van der Waals surface area contributed by atoms with Crippen LogP contribution < -0.4 is 15.4 Å². The summed E-state index contributed by atoms with van der Waals surface area (Å²) in [4.78, 5) is 29.8. The van der Waals surface area contributed by atoms with E-state index in [0.717, 1.165) is 37.1 Å². The predicted octanol–water partition coefficient (Wildman–Crippen LogP) is 3.01. The van der Waals surface area contributed by atoms with E-state index < -0.39 is 0 Å². The topological polar surface area (TPSA) is 85.2 Å². The lowest BCUT2D eigenvalue weighted by Gasteiger charge is -2.17. The molecule has 1 aliphatic heterocycles. The lowest BCUT2D eigenvalue weighted by Crippen LogP contribution is -2.33. The van der Waals surface area contributed by atoms with Gasteiger partial charge in [-0.3, -0.25) is 9.59 Å². The molecule has 2 amide bonds. The molecule has 144 valence electrons. The van der Waals surface area contributed by atoms with E-state index in [1.165, 1.54) is 0 Å². The fraction of sp³-hybridized carbons (Fsp3) is 0.450. The summed E-state index contributed by atoms with van der Waals surface area (Å²) in [5.41, 5.74) is 1.87. The van der Waals surface area contributed by atoms with Gasteiger partial charge in [-0.1, -0.05) is 6.92 Å². The minimum absolute atomic E-state index is 0.0648.